The molecule has 0 atom stereocenters. The van der Waals surface area contributed by atoms with Crippen molar-refractivity contribution in [3.63, 3.8) is 0 Å². The fourth-order valence-electron chi connectivity index (χ4n) is 3.07. The average Bonchev–Trinajstić information content (AvgIpc) is 3.04. The Labute approximate surface area is 159 Å². The molecule has 0 radical (unpaired) electrons. The van der Waals surface area contributed by atoms with Gasteiger partial charge in [0.25, 0.3) is 0 Å². The monoisotopic (exact) mass is 392 g/mol. The first-order valence-electron chi connectivity index (χ1n) is 8.40. The molecule has 138 valence electrons. The van der Waals surface area contributed by atoms with Gasteiger partial charge in [0, 0.05) is 37.8 Å². The van der Waals surface area contributed by atoms with E-state index >= 15 is 0 Å². The quantitative estimate of drug-likeness (QED) is 0.785. The number of nitrogens with zero attached hydrogens (tertiary/aromatic N) is 2. The van der Waals surface area contributed by atoms with Gasteiger partial charge in [-0.1, -0.05) is 35.9 Å². The number of anilines is 1. The maximum Gasteiger partial charge on any atom is 0.242 e. The predicted octanol–water partition coefficient (Wildman–Crippen LogP) is 3.11. The molecule has 0 aromatic heterocycles. The van der Waals surface area contributed by atoms with Gasteiger partial charge in [0.1, 0.15) is 0 Å². The van der Waals surface area contributed by atoms with Crippen molar-refractivity contribution in [3.8, 4) is 0 Å². The van der Waals surface area contributed by atoms with Gasteiger partial charge >= 0.3 is 0 Å². The number of carbonyl (C=O) groups excluding carboxylic acids is 1. The van der Waals surface area contributed by atoms with Gasteiger partial charge in [-0.05, 0) is 42.2 Å². The molecule has 1 aliphatic heterocycles. The number of benzene rings is 2. The fraction of sp³-hybridized carbons (Fsp3) is 0.316. The van der Waals surface area contributed by atoms with Crippen LogP contribution in [0.3, 0.4) is 0 Å². The van der Waals surface area contributed by atoms with Gasteiger partial charge in [0.15, 0.2) is 0 Å². The van der Waals surface area contributed by atoms with E-state index in [-0.39, 0.29) is 10.8 Å². The molecule has 0 unspecified atom stereocenters. The van der Waals surface area contributed by atoms with Crippen LogP contribution < -0.4 is 4.90 Å². The highest BCUT2D eigenvalue weighted by molar-refractivity contribution is 7.89. The van der Waals surface area contributed by atoms with Gasteiger partial charge in [0.2, 0.25) is 15.9 Å². The predicted molar refractivity (Wildman–Crippen MR) is 103 cm³/mol. The number of sulfonamides is 1. The summed E-state index contributed by atoms with van der Waals surface area (Å²) >= 11 is 6.15. The van der Waals surface area contributed by atoms with E-state index in [4.69, 9.17) is 11.6 Å². The maximum atomic E-state index is 12.7. The normalized spacial score (nSPS) is 13.9. The van der Waals surface area contributed by atoms with Crippen LogP contribution in [0.5, 0.6) is 0 Å². The second-order valence-corrected chi connectivity index (χ2v) is 9.02. The first-order chi connectivity index (χ1) is 12.3. The molecule has 5 nitrogen and oxygen atoms in total. The Kier molecular flexibility index (Phi) is 5.37. The Hall–Kier alpha value is -1.89. The smallest absolute Gasteiger partial charge is 0.242 e. The lowest BCUT2D eigenvalue weighted by Crippen LogP contribution is -2.29. The lowest BCUT2D eigenvalue weighted by molar-refractivity contribution is -0.118. The van der Waals surface area contributed by atoms with Crippen LogP contribution in [0.25, 0.3) is 0 Å². The van der Waals surface area contributed by atoms with Crippen molar-refractivity contribution in [1.82, 2.24) is 4.31 Å². The van der Waals surface area contributed by atoms with Crippen LogP contribution in [0.15, 0.2) is 47.4 Å². The number of carbonyl (C=O) groups is 1. The molecular weight excluding hydrogens is 372 g/mol. The molecule has 2 aromatic carbocycles. The van der Waals surface area contributed by atoms with Crippen LogP contribution in [-0.4, -0.2) is 39.3 Å². The highest BCUT2D eigenvalue weighted by atomic mass is 35.5. The van der Waals surface area contributed by atoms with E-state index in [1.807, 2.05) is 24.3 Å². The highest BCUT2D eigenvalue weighted by Gasteiger charge is 2.27. The SMILES string of the molecule is CN(C)S(=O)(=O)c1ccc2c(c1)N(C(=O)CCc1ccccc1Cl)CC2. The Bertz CT molecular complexity index is 942. The Balaban J connectivity index is 1.80. The molecular formula is C19H21ClN2O3S. The van der Waals surface area contributed by atoms with Gasteiger partial charge in [-0.2, -0.15) is 0 Å². The number of rotatable bonds is 5. The van der Waals surface area contributed by atoms with E-state index in [1.54, 1.807) is 23.1 Å². The van der Waals surface area contributed by atoms with Crippen LogP contribution in [0.1, 0.15) is 17.5 Å². The summed E-state index contributed by atoms with van der Waals surface area (Å²) in [4.78, 5) is 14.6. The molecule has 0 fully saturated rings. The Morgan fingerprint density at radius 2 is 1.92 bits per heavy atom. The molecule has 1 amide bonds. The number of hydrogen-bond acceptors (Lipinski definition) is 3. The topological polar surface area (TPSA) is 57.7 Å². The van der Waals surface area contributed by atoms with E-state index < -0.39 is 10.0 Å². The molecule has 7 heteroatoms. The zero-order valence-corrected chi connectivity index (χ0v) is 16.3. The van der Waals surface area contributed by atoms with Gasteiger partial charge < -0.3 is 4.90 Å². The van der Waals surface area contributed by atoms with Gasteiger partial charge in [0.05, 0.1) is 4.90 Å². The third-order valence-corrected chi connectivity index (χ3v) is 6.78. The molecule has 0 aliphatic carbocycles. The van der Waals surface area contributed by atoms with Gasteiger partial charge in [-0.15, -0.1) is 0 Å². The summed E-state index contributed by atoms with van der Waals surface area (Å²) in [7, 11) is -0.540. The lowest BCUT2D eigenvalue weighted by atomic mass is 10.1. The van der Waals surface area contributed by atoms with Crippen molar-refractivity contribution >= 4 is 33.2 Å². The van der Waals surface area contributed by atoms with Crippen LogP contribution in [0.2, 0.25) is 5.02 Å². The second-order valence-electron chi connectivity index (χ2n) is 6.46. The molecule has 0 saturated carbocycles. The summed E-state index contributed by atoms with van der Waals surface area (Å²) in [6, 6.07) is 12.5. The lowest BCUT2D eigenvalue weighted by Gasteiger charge is -2.19. The van der Waals surface area contributed by atoms with E-state index in [0.717, 1.165) is 17.5 Å². The fourth-order valence-corrected chi connectivity index (χ4v) is 4.22. The number of fused-ring (bicyclic) bond motifs is 1. The van der Waals surface area contributed by atoms with E-state index in [2.05, 4.69) is 0 Å². The van der Waals surface area contributed by atoms with Gasteiger partial charge in [-0.3, -0.25) is 4.79 Å². The first kappa shape index (κ1) is 18.9. The molecule has 1 aliphatic rings. The molecule has 0 N–H and O–H groups in total. The van der Waals surface area contributed by atoms with Crippen molar-refractivity contribution in [2.45, 2.75) is 24.2 Å². The standard InChI is InChI=1S/C19H21ClN2O3S/c1-21(2)26(24,25)16-9-7-15-11-12-22(18(15)13-16)19(23)10-8-14-5-3-4-6-17(14)20/h3-7,9,13H,8,10-12H2,1-2H3. The minimum absolute atomic E-state index is 0.0249. The summed E-state index contributed by atoms with van der Waals surface area (Å²) in [5, 5.41) is 0.654. The maximum absolute atomic E-state index is 12.7. The summed E-state index contributed by atoms with van der Waals surface area (Å²) in [6.07, 6.45) is 1.61. The number of aryl methyl sites for hydroxylation is 1. The van der Waals surface area contributed by atoms with Crippen LogP contribution in [0, 0.1) is 0 Å². The van der Waals surface area contributed by atoms with E-state index in [1.165, 1.54) is 18.4 Å². The number of amides is 1. The minimum Gasteiger partial charge on any atom is -0.312 e. The van der Waals surface area contributed by atoms with Crippen LogP contribution >= 0.6 is 11.6 Å². The molecule has 0 bridgehead atoms. The summed E-state index contributed by atoms with van der Waals surface area (Å²) in [5.41, 5.74) is 2.62. The highest BCUT2D eigenvalue weighted by Crippen LogP contribution is 2.32. The average molecular weight is 393 g/mol. The number of hydrogen-bond donors (Lipinski definition) is 0. The van der Waals surface area contributed by atoms with Crippen molar-refractivity contribution in [2.24, 2.45) is 0 Å². The van der Waals surface area contributed by atoms with Crippen LogP contribution in [-0.2, 0) is 27.7 Å². The molecule has 26 heavy (non-hydrogen) atoms. The summed E-state index contributed by atoms with van der Waals surface area (Å²) < 4.78 is 25.9. The molecule has 3 rings (SSSR count). The van der Waals surface area contributed by atoms with Gasteiger partial charge in [-0.25, -0.2) is 12.7 Å². The van der Waals surface area contributed by atoms with Crippen molar-refractivity contribution in [3.05, 3.63) is 58.6 Å². The zero-order valence-electron chi connectivity index (χ0n) is 14.8. The third kappa shape index (κ3) is 3.63. The molecule has 0 saturated heterocycles. The minimum atomic E-state index is -3.53. The Morgan fingerprint density at radius 3 is 2.62 bits per heavy atom. The van der Waals surface area contributed by atoms with E-state index in [9.17, 15) is 13.2 Å². The van der Waals surface area contributed by atoms with E-state index in [0.29, 0.717) is 30.1 Å². The van der Waals surface area contributed by atoms with Crippen molar-refractivity contribution in [2.75, 3.05) is 25.5 Å². The largest absolute Gasteiger partial charge is 0.312 e. The van der Waals surface area contributed by atoms with Crippen LogP contribution in [0.4, 0.5) is 5.69 Å². The number of halogens is 1. The third-order valence-electron chi connectivity index (χ3n) is 4.60. The Morgan fingerprint density at radius 1 is 1.19 bits per heavy atom. The summed E-state index contributed by atoms with van der Waals surface area (Å²) in [6.45, 7) is 0.572. The van der Waals surface area contributed by atoms with Crippen molar-refractivity contribution < 1.29 is 13.2 Å². The summed E-state index contributed by atoms with van der Waals surface area (Å²) in [5.74, 6) is -0.0249. The second kappa shape index (κ2) is 7.39. The molecule has 1 heterocycles. The van der Waals surface area contributed by atoms with Crippen molar-refractivity contribution in [1.29, 1.82) is 0 Å². The zero-order chi connectivity index (χ0) is 18.9. The molecule has 2 aromatic rings. The molecule has 0 spiro atoms. The first-order valence-corrected chi connectivity index (χ1v) is 10.2.